The van der Waals surface area contributed by atoms with Crippen molar-refractivity contribution in [3.8, 4) is 11.5 Å². The van der Waals surface area contributed by atoms with Crippen LogP contribution in [0.1, 0.15) is 81.9 Å². The fraction of sp³-hybridized carbons (Fsp3) is 0.559. The smallest absolute Gasteiger partial charge is 0.229 e. The molecule has 3 heterocycles. The van der Waals surface area contributed by atoms with Crippen molar-refractivity contribution in [2.75, 3.05) is 43.5 Å². The Balaban J connectivity index is 1.10. The number of piperidine rings is 1. The predicted molar refractivity (Wildman–Crippen MR) is 168 cm³/mol. The van der Waals surface area contributed by atoms with Gasteiger partial charge in [-0.1, -0.05) is 25.7 Å². The zero-order valence-electron chi connectivity index (χ0n) is 25.0. The molecule has 1 saturated heterocycles. The monoisotopic (exact) mass is 570 g/mol. The Hall–Kier alpha value is -3.39. The van der Waals surface area contributed by atoms with Crippen LogP contribution in [0.4, 0.5) is 23.1 Å². The van der Waals surface area contributed by atoms with Gasteiger partial charge in [-0.25, -0.2) is 4.98 Å². The number of nitrogens with one attached hydrogen (secondary N) is 2. The zero-order valence-corrected chi connectivity index (χ0v) is 25.0. The molecular weight excluding hydrogens is 524 g/mol. The Morgan fingerprint density at radius 2 is 1.64 bits per heavy atom. The summed E-state index contributed by atoms with van der Waals surface area (Å²) in [4.78, 5) is 16.4. The number of anilines is 4. The number of hydrogen-bond acceptors (Lipinski definition) is 8. The Labute approximate surface area is 250 Å². The average molecular weight is 571 g/mol. The van der Waals surface area contributed by atoms with Crippen molar-refractivity contribution in [3.05, 3.63) is 54.0 Å². The molecule has 3 aliphatic rings. The van der Waals surface area contributed by atoms with Crippen molar-refractivity contribution < 1.29 is 9.47 Å². The topological polar surface area (TPSA) is 84.4 Å². The average Bonchev–Trinajstić information content (AvgIpc) is 3.04. The molecule has 2 aromatic heterocycles. The normalized spacial score (nSPS) is 17.8. The second kappa shape index (κ2) is 14.7. The van der Waals surface area contributed by atoms with Crippen LogP contribution in [0.25, 0.3) is 0 Å². The molecule has 2 aliphatic carbocycles. The highest BCUT2D eigenvalue weighted by molar-refractivity contribution is 5.62. The number of benzene rings is 1. The summed E-state index contributed by atoms with van der Waals surface area (Å²) in [6.45, 7) is 4.97. The van der Waals surface area contributed by atoms with Gasteiger partial charge < -0.3 is 25.0 Å². The second-order valence-corrected chi connectivity index (χ2v) is 12.1. The summed E-state index contributed by atoms with van der Waals surface area (Å²) in [7, 11) is 0. The summed E-state index contributed by atoms with van der Waals surface area (Å²) in [5.41, 5.74) is 4.41. The van der Waals surface area contributed by atoms with Gasteiger partial charge in [-0.2, -0.15) is 4.98 Å². The van der Waals surface area contributed by atoms with Crippen LogP contribution in [-0.4, -0.2) is 52.7 Å². The molecule has 6 rings (SSSR count). The van der Waals surface area contributed by atoms with E-state index < -0.39 is 0 Å². The van der Waals surface area contributed by atoms with E-state index in [1.165, 1.54) is 88.6 Å². The third kappa shape index (κ3) is 8.12. The van der Waals surface area contributed by atoms with Crippen molar-refractivity contribution in [3.63, 3.8) is 0 Å². The number of likely N-dealkylation sites (tertiary alicyclic amines) is 1. The summed E-state index contributed by atoms with van der Waals surface area (Å²) in [5, 5.41) is 6.78. The van der Waals surface area contributed by atoms with Gasteiger partial charge in [0.05, 0.1) is 25.1 Å². The number of hydrogen-bond donors (Lipinski definition) is 2. The van der Waals surface area contributed by atoms with Crippen molar-refractivity contribution in [1.29, 1.82) is 0 Å². The fourth-order valence-corrected chi connectivity index (χ4v) is 6.45. The number of nitrogens with zero attached hydrogens (tertiary/aromatic N) is 4. The molecule has 0 unspecified atom stereocenters. The molecule has 224 valence electrons. The van der Waals surface area contributed by atoms with Crippen LogP contribution in [0.5, 0.6) is 11.5 Å². The Morgan fingerprint density at radius 3 is 2.55 bits per heavy atom. The molecule has 0 spiro atoms. The van der Waals surface area contributed by atoms with Crippen molar-refractivity contribution in [1.82, 2.24) is 19.9 Å². The van der Waals surface area contributed by atoms with Gasteiger partial charge >= 0.3 is 0 Å². The minimum Gasteiger partial charge on any atom is -0.490 e. The van der Waals surface area contributed by atoms with E-state index >= 15 is 0 Å². The van der Waals surface area contributed by atoms with Gasteiger partial charge in [0.1, 0.15) is 5.82 Å². The van der Waals surface area contributed by atoms with Gasteiger partial charge in [-0.05, 0) is 107 Å². The Morgan fingerprint density at radius 1 is 0.786 bits per heavy atom. The molecule has 42 heavy (non-hydrogen) atoms. The highest BCUT2D eigenvalue weighted by Gasteiger charge is 2.17. The summed E-state index contributed by atoms with van der Waals surface area (Å²) in [6.07, 6.45) is 19.8. The molecule has 0 amide bonds. The van der Waals surface area contributed by atoms with Gasteiger partial charge in [0.15, 0.2) is 11.5 Å². The van der Waals surface area contributed by atoms with Crippen LogP contribution in [-0.2, 0) is 12.8 Å². The van der Waals surface area contributed by atoms with Crippen LogP contribution < -0.4 is 20.1 Å². The molecule has 2 fully saturated rings. The molecule has 0 bridgehead atoms. The lowest BCUT2D eigenvalue weighted by atomic mass is 9.90. The summed E-state index contributed by atoms with van der Waals surface area (Å²) in [6, 6.07) is 10.1. The first-order chi connectivity index (χ1) is 20.8. The minimum absolute atomic E-state index is 0.527. The van der Waals surface area contributed by atoms with Crippen LogP contribution in [0.3, 0.4) is 0 Å². The van der Waals surface area contributed by atoms with Gasteiger partial charge in [0.25, 0.3) is 0 Å². The Kier molecular flexibility index (Phi) is 10.0. The van der Waals surface area contributed by atoms with Crippen molar-refractivity contribution in [2.45, 2.75) is 83.5 Å². The third-order valence-corrected chi connectivity index (χ3v) is 8.82. The first-order valence-electron chi connectivity index (χ1n) is 16.3. The molecule has 1 saturated carbocycles. The van der Waals surface area contributed by atoms with E-state index in [9.17, 15) is 0 Å². The van der Waals surface area contributed by atoms with Gasteiger partial charge in [0, 0.05) is 30.2 Å². The number of aromatic nitrogens is 3. The van der Waals surface area contributed by atoms with Gasteiger partial charge in [0.2, 0.25) is 5.95 Å². The minimum atomic E-state index is 0.527. The highest BCUT2D eigenvalue weighted by atomic mass is 16.5. The quantitative estimate of drug-likeness (QED) is 0.217. The van der Waals surface area contributed by atoms with E-state index in [4.69, 9.17) is 14.5 Å². The van der Waals surface area contributed by atoms with Gasteiger partial charge in [-0.3, -0.25) is 4.98 Å². The maximum Gasteiger partial charge on any atom is 0.229 e. The van der Waals surface area contributed by atoms with Crippen LogP contribution in [0.15, 0.2) is 42.7 Å². The summed E-state index contributed by atoms with van der Waals surface area (Å²) >= 11 is 0. The molecule has 0 radical (unpaired) electrons. The number of aryl methyl sites for hydroxylation is 2. The lowest BCUT2D eigenvalue weighted by Gasteiger charge is -2.26. The Bertz CT molecular complexity index is 1290. The number of ether oxygens (including phenoxy) is 2. The molecule has 3 aromatic rings. The van der Waals surface area contributed by atoms with E-state index in [-0.39, 0.29) is 0 Å². The van der Waals surface area contributed by atoms with E-state index in [2.05, 4.69) is 31.6 Å². The number of pyridine rings is 1. The van der Waals surface area contributed by atoms with E-state index in [0.29, 0.717) is 18.5 Å². The van der Waals surface area contributed by atoms with Crippen molar-refractivity contribution >= 4 is 23.1 Å². The number of fused-ring (bicyclic) bond motifs is 1. The maximum atomic E-state index is 6.41. The lowest BCUT2D eigenvalue weighted by Crippen LogP contribution is -2.31. The van der Waals surface area contributed by atoms with Crippen LogP contribution in [0, 0.1) is 5.92 Å². The van der Waals surface area contributed by atoms with Crippen LogP contribution >= 0.6 is 0 Å². The van der Waals surface area contributed by atoms with E-state index in [1.54, 1.807) is 6.20 Å². The molecule has 0 atom stereocenters. The number of rotatable bonds is 12. The molecule has 2 N–H and O–H groups in total. The van der Waals surface area contributed by atoms with Crippen molar-refractivity contribution in [2.24, 2.45) is 5.92 Å². The molecule has 1 aromatic carbocycles. The predicted octanol–water partition coefficient (Wildman–Crippen LogP) is 7.45. The first-order valence-corrected chi connectivity index (χ1v) is 16.3. The molecule has 8 heteroatoms. The fourth-order valence-electron chi connectivity index (χ4n) is 6.45. The molecule has 1 aliphatic heterocycles. The molecular formula is C34H46N6O2. The third-order valence-electron chi connectivity index (χ3n) is 8.82. The SMILES string of the molecule is c1cc(Nc2cnc3c(c2)CCCC3)nc(Nc2ccc(OCCCN3CCCCC3)c(OCC3CCCCC3)c2)n1. The summed E-state index contributed by atoms with van der Waals surface area (Å²) < 4.78 is 12.7. The lowest BCUT2D eigenvalue weighted by molar-refractivity contribution is 0.188. The van der Waals surface area contributed by atoms with Gasteiger partial charge in [-0.15, -0.1) is 0 Å². The maximum absolute atomic E-state index is 6.41. The first kappa shape index (κ1) is 28.7. The highest BCUT2D eigenvalue weighted by Crippen LogP contribution is 2.34. The molecule has 8 nitrogen and oxygen atoms in total. The zero-order chi connectivity index (χ0) is 28.4. The van der Waals surface area contributed by atoms with E-state index in [0.717, 1.165) is 61.1 Å². The standard InChI is InChI=1S/C34H46N6O2/c1-3-10-26(11-4-1)25-42-32-23-28(14-15-31(32)41-21-9-20-40-18-7-2-8-19-40)38-34-35-17-16-33(39-34)37-29-22-27-12-5-6-13-30(27)36-24-29/h14-17,22-24,26H,1-13,18-21,25H2,(H2,35,37,38,39). The second-order valence-electron chi connectivity index (χ2n) is 12.1. The summed E-state index contributed by atoms with van der Waals surface area (Å²) in [5.74, 6) is 3.47. The van der Waals surface area contributed by atoms with E-state index in [1.807, 2.05) is 30.5 Å². The van der Waals surface area contributed by atoms with Crippen LogP contribution in [0.2, 0.25) is 0 Å². The largest absolute Gasteiger partial charge is 0.490 e.